The van der Waals surface area contributed by atoms with Crippen molar-refractivity contribution in [1.82, 2.24) is 0 Å². The molecular formula is C13H14BrF3O. The van der Waals surface area contributed by atoms with Gasteiger partial charge in [-0.2, -0.15) is 13.2 Å². The van der Waals surface area contributed by atoms with E-state index < -0.39 is 11.7 Å². The third kappa shape index (κ3) is 3.26. The Hall–Kier alpha value is -0.550. The quantitative estimate of drug-likeness (QED) is 0.732. The van der Waals surface area contributed by atoms with Crippen LogP contribution in [0.2, 0.25) is 0 Å². The van der Waals surface area contributed by atoms with Gasteiger partial charge in [0.2, 0.25) is 0 Å². The van der Waals surface area contributed by atoms with Gasteiger partial charge in [0, 0.05) is 5.33 Å². The maximum atomic E-state index is 12.6. The molecule has 0 bridgehead atoms. The second kappa shape index (κ2) is 5.61. The molecule has 100 valence electrons. The summed E-state index contributed by atoms with van der Waals surface area (Å²) in [6, 6.07) is 5.44. The Morgan fingerprint density at radius 2 is 2.06 bits per heavy atom. The van der Waals surface area contributed by atoms with Crippen molar-refractivity contribution >= 4 is 15.9 Å². The average Bonchev–Trinajstić information content (AvgIpc) is 2.77. The molecule has 0 amide bonds. The molecule has 2 rings (SSSR count). The lowest BCUT2D eigenvalue weighted by atomic mass is 10.0. The predicted molar refractivity (Wildman–Crippen MR) is 66.7 cm³/mol. The van der Waals surface area contributed by atoms with Crippen LogP contribution < -0.4 is 0 Å². The van der Waals surface area contributed by atoms with Crippen molar-refractivity contribution < 1.29 is 17.9 Å². The standard InChI is InChI=1S/C13H14BrF3O/c14-7-6-11-4-5-12(18-11)9-2-1-3-10(8-9)13(15,16)17/h1-3,8,11-12H,4-7H2/t11-,12+/m1/s1. The van der Waals surface area contributed by atoms with Crippen LogP contribution in [0.4, 0.5) is 13.2 Å². The Kier molecular flexibility index (Phi) is 4.33. The summed E-state index contributed by atoms with van der Waals surface area (Å²) in [5, 5.41) is 0.854. The number of ether oxygens (including phenoxy) is 1. The fourth-order valence-corrected chi connectivity index (χ4v) is 2.71. The van der Waals surface area contributed by atoms with Crippen molar-refractivity contribution in [1.29, 1.82) is 0 Å². The molecule has 0 radical (unpaired) electrons. The van der Waals surface area contributed by atoms with Crippen LogP contribution in [0.25, 0.3) is 0 Å². The van der Waals surface area contributed by atoms with Gasteiger partial charge in [0.25, 0.3) is 0 Å². The molecular weight excluding hydrogens is 309 g/mol. The molecule has 5 heteroatoms. The van der Waals surface area contributed by atoms with Crippen LogP contribution in [0, 0.1) is 0 Å². The topological polar surface area (TPSA) is 9.23 Å². The molecule has 1 heterocycles. The van der Waals surface area contributed by atoms with E-state index in [0.29, 0.717) is 5.56 Å². The largest absolute Gasteiger partial charge is 0.416 e. The zero-order valence-corrected chi connectivity index (χ0v) is 11.3. The van der Waals surface area contributed by atoms with Crippen LogP contribution >= 0.6 is 15.9 Å². The predicted octanol–water partition coefficient (Wildman–Crippen LogP) is 4.71. The van der Waals surface area contributed by atoms with E-state index in [9.17, 15) is 13.2 Å². The molecule has 18 heavy (non-hydrogen) atoms. The van der Waals surface area contributed by atoms with Crippen LogP contribution in [-0.2, 0) is 10.9 Å². The highest BCUT2D eigenvalue weighted by Gasteiger charge is 2.32. The fraction of sp³-hybridized carbons (Fsp3) is 0.538. The second-order valence-electron chi connectivity index (χ2n) is 4.42. The lowest BCUT2D eigenvalue weighted by Crippen LogP contribution is -2.09. The number of halogens is 4. The van der Waals surface area contributed by atoms with Crippen LogP contribution in [0.15, 0.2) is 24.3 Å². The van der Waals surface area contributed by atoms with Gasteiger partial charge in [-0.3, -0.25) is 0 Å². The van der Waals surface area contributed by atoms with Gasteiger partial charge in [0.1, 0.15) is 0 Å². The van der Waals surface area contributed by atoms with Gasteiger partial charge in [-0.25, -0.2) is 0 Å². The van der Waals surface area contributed by atoms with Crippen molar-refractivity contribution in [3.05, 3.63) is 35.4 Å². The molecule has 2 atom stereocenters. The highest BCUT2D eigenvalue weighted by atomic mass is 79.9. The number of hydrogen-bond donors (Lipinski definition) is 0. The Labute approximate surface area is 112 Å². The highest BCUT2D eigenvalue weighted by molar-refractivity contribution is 9.09. The molecule has 1 aliphatic rings. The van der Waals surface area contributed by atoms with E-state index >= 15 is 0 Å². The van der Waals surface area contributed by atoms with Gasteiger partial charge in [0.05, 0.1) is 17.8 Å². The SMILES string of the molecule is FC(F)(F)c1cccc([C@@H]2CC[C@H](CCBr)O2)c1. The zero-order valence-electron chi connectivity index (χ0n) is 9.71. The maximum absolute atomic E-state index is 12.6. The second-order valence-corrected chi connectivity index (χ2v) is 5.22. The first-order valence-corrected chi connectivity index (χ1v) is 7.01. The van der Waals surface area contributed by atoms with Gasteiger partial charge in [-0.15, -0.1) is 0 Å². The van der Waals surface area contributed by atoms with Gasteiger partial charge in [-0.1, -0.05) is 28.1 Å². The molecule has 0 spiro atoms. The monoisotopic (exact) mass is 322 g/mol. The summed E-state index contributed by atoms with van der Waals surface area (Å²) < 4.78 is 43.6. The van der Waals surface area contributed by atoms with Gasteiger partial charge in [-0.05, 0) is 37.0 Å². The molecule has 1 saturated heterocycles. The zero-order chi connectivity index (χ0) is 13.2. The Morgan fingerprint density at radius 1 is 1.28 bits per heavy atom. The molecule has 1 fully saturated rings. The van der Waals surface area contributed by atoms with Gasteiger partial charge < -0.3 is 4.74 Å². The summed E-state index contributed by atoms with van der Waals surface area (Å²) >= 11 is 3.34. The van der Waals surface area contributed by atoms with Crippen molar-refractivity contribution in [2.75, 3.05) is 5.33 Å². The smallest absolute Gasteiger partial charge is 0.370 e. The van der Waals surface area contributed by atoms with Crippen LogP contribution in [0.3, 0.4) is 0 Å². The molecule has 1 nitrogen and oxygen atoms in total. The molecule has 0 saturated carbocycles. The lowest BCUT2D eigenvalue weighted by Gasteiger charge is -2.15. The minimum absolute atomic E-state index is 0.156. The number of benzene rings is 1. The maximum Gasteiger partial charge on any atom is 0.416 e. The third-order valence-electron chi connectivity index (χ3n) is 3.12. The van der Waals surface area contributed by atoms with Crippen LogP contribution in [0.1, 0.15) is 36.5 Å². The average molecular weight is 323 g/mol. The first kappa shape index (κ1) is 13.9. The first-order valence-electron chi connectivity index (χ1n) is 5.89. The van der Waals surface area contributed by atoms with Crippen molar-refractivity contribution in [3.63, 3.8) is 0 Å². The number of rotatable bonds is 3. The summed E-state index contributed by atoms with van der Waals surface area (Å²) in [6.45, 7) is 0. The van der Waals surface area contributed by atoms with Crippen molar-refractivity contribution in [2.45, 2.75) is 37.6 Å². The Bertz CT molecular complexity index is 405. The van der Waals surface area contributed by atoms with E-state index in [1.165, 1.54) is 12.1 Å². The van der Waals surface area contributed by atoms with E-state index in [1.54, 1.807) is 6.07 Å². The van der Waals surface area contributed by atoms with Crippen LogP contribution in [-0.4, -0.2) is 11.4 Å². The van der Waals surface area contributed by atoms with E-state index in [0.717, 1.165) is 30.7 Å². The molecule has 0 aromatic heterocycles. The fourth-order valence-electron chi connectivity index (χ4n) is 2.20. The third-order valence-corrected chi connectivity index (χ3v) is 3.58. The summed E-state index contributed by atoms with van der Waals surface area (Å²) in [4.78, 5) is 0. The minimum Gasteiger partial charge on any atom is -0.370 e. The molecule has 0 N–H and O–H groups in total. The van der Waals surface area contributed by atoms with Crippen LogP contribution in [0.5, 0.6) is 0 Å². The number of alkyl halides is 4. The van der Waals surface area contributed by atoms with Gasteiger partial charge >= 0.3 is 6.18 Å². The van der Waals surface area contributed by atoms with Crippen molar-refractivity contribution in [3.8, 4) is 0 Å². The van der Waals surface area contributed by atoms with E-state index in [4.69, 9.17) is 4.74 Å². The molecule has 1 aromatic carbocycles. The van der Waals surface area contributed by atoms with Crippen molar-refractivity contribution in [2.24, 2.45) is 0 Å². The summed E-state index contributed by atoms with van der Waals surface area (Å²) in [5.74, 6) is 0. The Morgan fingerprint density at radius 3 is 2.72 bits per heavy atom. The van der Waals surface area contributed by atoms with E-state index in [1.807, 2.05) is 0 Å². The molecule has 1 aromatic rings. The Balaban J connectivity index is 2.10. The van der Waals surface area contributed by atoms with E-state index in [-0.39, 0.29) is 12.2 Å². The normalized spacial score (nSPS) is 24.4. The first-order chi connectivity index (χ1) is 8.50. The summed E-state index contributed by atoms with van der Waals surface area (Å²) in [6.07, 6.45) is -1.73. The minimum atomic E-state index is -4.29. The molecule has 0 unspecified atom stereocenters. The lowest BCUT2D eigenvalue weighted by molar-refractivity contribution is -0.137. The number of hydrogen-bond acceptors (Lipinski definition) is 1. The van der Waals surface area contributed by atoms with E-state index in [2.05, 4.69) is 15.9 Å². The summed E-state index contributed by atoms with van der Waals surface area (Å²) in [7, 11) is 0. The highest BCUT2D eigenvalue weighted by Crippen LogP contribution is 2.37. The molecule has 0 aliphatic carbocycles. The molecule has 1 aliphatic heterocycles. The van der Waals surface area contributed by atoms with Gasteiger partial charge in [0.15, 0.2) is 0 Å². The summed E-state index contributed by atoms with van der Waals surface area (Å²) in [5.41, 5.74) is 0.0226.